The topological polar surface area (TPSA) is 24.9 Å². The Morgan fingerprint density at radius 3 is 2.94 bits per heavy atom. The summed E-state index contributed by atoms with van der Waals surface area (Å²) in [4.78, 5) is 4.48. The maximum atomic E-state index is 4.48. The third-order valence-corrected chi connectivity index (χ3v) is 3.54. The van der Waals surface area contributed by atoms with Crippen LogP contribution >= 0.6 is 11.3 Å². The first-order valence-electron chi connectivity index (χ1n) is 6.01. The molecule has 2 nitrogen and oxygen atoms in total. The van der Waals surface area contributed by atoms with Crippen LogP contribution in [0.1, 0.15) is 23.7 Å². The summed E-state index contributed by atoms with van der Waals surface area (Å²) in [6.45, 7) is 5.21. The Morgan fingerprint density at radius 2 is 2.24 bits per heavy atom. The lowest BCUT2D eigenvalue weighted by Gasteiger charge is -2.03. The molecule has 0 saturated carbocycles. The molecule has 0 unspecified atom stereocenters. The largest absolute Gasteiger partial charge is 0.361 e. The van der Waals surface area contributed by atoms with Crippen molar-refractivity contribution in [2.45, 2.75) is 26.7 Å². The van der Waals surface area contributed by atoms with Gasteiger partial charge >= 0.3 is 0 Å². The van der Waals surface area contributed by atoms with Gasteiger partial charge in [-0.15, -0.1) is 11.3 Å². The zero-order valence-corrected chi connectivity index (χ0v) is 11.2. The van der Waals surface area contributed by atoms with Gasteiger partial charge in [0.2, 0.25) is 0 Å². The van der Waals surface area contributed by atoms with Gasteiger partial charge in [-0.25, -0.2) is 4.98 Å². The zero-order chi connectivity index (χ0) is 12.1. The van der Waals surface area contributed by atoms with E-state index in [-0.39, 0.29) is 0 Å². The highest BCUT2D eigenvalue weighted by atomic mass is 32.1. The Hall–Kier alpha value is -1.35. The van der Waals surface area contributed by atoms with Crippen molar-refractivity contribution in [2.75, 3.05) is 11.9 Å². The van der Waals surface area contributed by atoms with Crippen molar-refractivity contribution in [1.29, 1.82) is 0 Å². The summed E-state index contributed by atoms with van der Waals surface area (Å²) in [5.41, 5.74) is 3.88. The first kappa shape index (κ1) is 12.1. The van der Waals surface area contributed by atoms with Gasteiger partial charge in [0.1, 0.15) is 0 Å². The van der Waals surface area contributed by atoms with E-state index in [1.54, 1.807) is 11.3 Å². The fourth-order valence-corrected chi connectivity index (χ4v) is 2.55. The second kappa shape index (κ2) is 5.82. The Morgan fingerprint density at radius 1 is 1.35 bits per heavy atom. The van der Waals surface area contributed by atoms with Crippen molar-refractivity contribution in [3.05, 3.63) is 46.5 Å². The van der Waals surface area contributed by atoms with Crippen LogP contribution in [0.5, 0.6) is 0 Å². The normalized spacial score (nSPS) is 10.5. The van der Waals surface area contributed by atoms with E-state index in [0.717, 1.165) is 24.5 Å². The fraction of sp³-hybridized carbons (Fsp3) is 0.357. The molecule has 0 atom stereocenters. The molecule has 1 N–H and O–H groups in total. The van der Waals surface area contributed by atoms with Gasteiger partial charge in [0.15, 0.2) is 5.13 Å². The van der Waals surface area contributed by atoms with Crippen LogP contribution in [-0.4, -0.2) is 11.5 Å². The zero-order valence-electron chi connectivity index (χ0n) is 10.4. The summed E-state index contributed by atoms with van der Waals surface area (Å²) in [5, 5.41) is 6.53. The van der Waals surface area contributed by atoms with E-state index in [0.29, 0.717) is 0 Å². The number of aromatic nitrogens is 1. The van der Waals surface area contributed by atoms with Crippen LogP contribution in [0.3, 0.4) is 0 Å². The monoisotopic (exact) mass is 246 g/mol. The Bertz CT molecular complexity index is 477. The average Bonchev–Trinajstić information content (AvgIpc) is 2.77. The van der Waals surface area contributed by atoms with E-state index < -0.39 is 0 Å². The van der Waals surface area contributed by atoms with Crippen LogP contribution in [0.15, 0.2) is 29.6 Å². The summed E-state index contributed by atoms with van der Waals surface area (Å²) in [6, 6.07) is 8.66. The smallest absolute Gasteiger partial charge is 0.182 e. The molecule has 2 rings (SSSR count). The molecule has 0 radical (unpaired) electrons. The predicted molar refractivity (Wildman–Crippen MR) is 74.9 cm³/mol. The maximum Gasteiger partial charge on any atom is 0.182 e. The van der Waals surface area contributed by atoms with Gasteiger partial charge in [-0.2, -0.15) is 0 Å². The van der Waals surface area contributed by atoms with Crippen molar-refractivity contribution in [1.82, 2.24) is 4.98 Å². The molecule has 0 spiro atoms. The second-order valence-electron chi connectivity index (χ2n) is 4.16. The minimum Gasteiger partial charge on any atom is -0.361 e. The van der Waals surface area contributed by atoms with Crippen LogP contribution in [0.4, 0.5) is 5.13 Å². The molecule has 0 amide bonds. The van der Waals surface area contributed by atoms with E-state index >= 15 is 0 Å². The quantitative estimate of drug-likeness (QED) is 0.870. The molecule has 17 heavy (non-hydrogen) atoms. The molecule has 90 valence electrons. The van der Waals surface area contributed by atoms with Crippen LogP contribution in [-0.2, 0) is 12.8 Å². The standard InChI is InChI=1S/C14H18N2S/c1-3-13-10-17-14(16-13)15-8-7-12-6-4-5-11(2)9-12/h4-6,9-10H,3,7-8H2,1-2H3,(H,15,16). The van der Waals surface area contributed by atoms with Gasteiger partial charge in [-0.3, -0.25) is 0 Å². The summed E-state index contributed by atoms with van der Waals surface area (Å²) in [6.07, 6.45) is 2.05. The average molecular weight is 246 g/mol. The molecule has 0 aliphatic rings. The van der Waals surface area contributed by atoms with Crippen molar-refractivity contribution in [3.8, 4) is 0 Å². The number of thiazole rings is 1. The SMILES string of the molecule is CCc1csc(NCCc2cccc(C)c2)n1. The molecule has 3 heteroatoms. The van der Waals surface area contributed by atoms with Crippen molar-refractivity contribution < 1.29 is 0 Å². The lowest BCUT2D eigenvalue weighted by molar-refractivity contribution is 0.999. The van der Waals surface area contributed by atoms with Crippen LogP contribution in [0.2, 0.25) is 0 Å². The first-order valence-corrected chi connectivity index (χ1v) is 6.89. The Labute approximate surface area is 107 Å². The van der Waals surface area contributed by atoms with Gasteiger partial charge in [0.25, 0.3) is 0 Å². The Balaban J connectivity index is 1.83. The molecule has 0 saturated heterocycles. The highest BCUT2D eigenvalue weighted by molar-refractivity contribution is 7.13. The van der Waals surface area contributed by atoms with E-state index in [1.807, 2.05) is 0 Å². The van der Waals surface area contributed by atoms with E-state index in [2.05, 4.69) is 53.8 Å². The molecule has 0 aliphatic heterocycles. The number of aryl methyl sites for hydroxylation is 2. The highest BCUT2D eigenvalue weighted by Crippen LogP contribution is 2.15. The lowest BCUT2D eigenvalue weighted by atomic mass is 10.1. The molecule has 0 bridgehead atoms. The lowest BCUT2D eigenvalue weighted by Crippen LogP contribution is -2.04. The molecule has 1 heterocycles. The number of nitrogens with zero attached hydrogens (tertiary/aromatic N) is 1. The molecule has 1 aromatic carbocycles. The van der Waals surface area contributed by atoms with Crippen LogP contribution < -0.4 is 5.32 Å². The van der Waals surface area contributed by atoms with Gasteiger partial charge < -0.3 is 5.32 Å². The van der Waals surface area contributed by atoms with Crippen molar-refractivity contribution >= 4 is 16.5 Å². The van der Waals surface area contributed by atoms with E-state index in [1.165, 1.54) is 16.8 Å². The molecular weight excluding hydrogens is 228 g/mol. The second-order valence-corrected chi connectivity index (χ2v) is 5.02. The summed E-state index contributed by atoms with van der Waals surface area (Å²) in [7, 11) is 0. The highest BCUT2D eigenvalue weighted by Gasteiger charge is 1.99. The van der Waals surface area contributed by atoms with E-state index in [9.17, 15) is 0 Å². The summed E-state index contributed by atoms with van der Waals surface area (Å²) >= 11 is 1.69. The maximum absolute atomic E-state index is 4.48. The van der Waals surface area contributed by atoms with E-state index in [4.69, 9.17) is 0 Å². The van der Waals surface area contributed by atoms with Gasteiger partial charge in [-0.1, -0.05) is 36.8 Å². The minimum absolute atomic E-state index is 0.945. The summed E-state index contributed by atoms with van der Waals surface area (Å²) in [5.74, 6) is 0. The van der Waals surface area contributed by atoms with Crippen LogP contribution in [0.25, 0.3) is 0 Å². The Kier molecular flexibility index (Phi) is 4.15. The third-order valence-electron chi connectivity index (χ3n) is 2.69. The third kappa shape index (κ3) is 3.56. The number of benzene rings is 1. The number of rotatable bonds is 5. The summed E-state index contributed by atoms with van der Waals surface area (Å²) < 4.78 is 0. The van der Waals surface area contributed by atoms with Crippen LogP contribution in [0, 0.1) is 6.92 Å². The number of nitrogens with one attached hydrogen (secondary N) is 1. The predicted octanol–water partition coefficient (Wildman–Crippen LogP) is 3.67. The number of anilines is 1. The molecular formula is C14H18N2S. The molecule has 1 aromatic heterocycles. The minimum atomic E-state index is 0.945. The first-order chi connectivity index (χ1) is 8.28. The van der Waals surface area contributed by atoms with Crippen molar-refractivity contribution in [3.63, 3.8) is 0 Å². The van der Waals surface area contributed by atoms with Gasteiger partial charge in [-0.05, 0) is 25.3 Å². The number of hydrogen-bond acceptors (Lipinski definition) is 3. The molecule has 2 aromatic rings. The van der Waals surface area contributed by atoms with Gasteiger partial charge in [0, 0.05) is 11.9 Å². The van der Waals surface area contributed by atoms with Crippen molar-refractivity contribution in [2.24, 2.45) is 0 Å². The number of hydrogen-bond donors (Lipinski definition) is 1. The molecule has 0 fully saturated rings. The van der Waals surface area contributed by atoms with Gasteiger partial charge in [0.05, 0.1) is 5.69 Å². The fourth-order valence-electron chi connectivity index (χ4n) is 1.73. The molecule has 0 aliphatic carbocycles.